The molecule has 0 saturated heterocycles. The summed E-state index contributed by atoms with van der Waals surface area (Å²) in [5.74, 6) is 1.43. The highest BCUT2D eigenvalue weighted by atomic mass is 16.5. The molecule has 0 amide bonds. The second-order valence-electron chi connectivity index (χ2n) is 10.8. The number of aromatic nitrogens is 2. The van der Waals surface area contributed by atoms with Crippen LogP contribution in [0.2, 0.25) is 0 Å². The van der Waals surface area contributed by atoms with Crippen LogP contribution < -0.4 is 10.2 Å². The van der Waals surface area contributed by atoms with E-state index in [0.29, 0.717) is 23.5 Å². The fraction of sp³-hybridized carbons (Fsp3) is 0.353. The Labute approximate surface area is 235 Å². The number of methoxy groups -OCH3 is 2. The average molecular weight is 537 g/mol. The molecule has 6 heteroatoms. The summed E-state index contributed by atoms with van der Waals surface area (Å²) < 4.78 is 10.6. The lowest BCUT2D eigenvalue weighted by molar-refractivity contribution is -0.133. The van der Waals surface area contributed by atoms with E-state index in [1.165, 1.54) is 11.1 Å². The molecule has 206 valence electrons. The fourth-order valence-corrected chi connectivity index (χ4v) is 6.00. The van der Waals surface area contributed by atoms with Crippen LogP contribution in [-0.4, -0.2) is 36.1 Å². The molecule has 1 saturated carbocycles. The molecule has 0 radical (unpaired) electrons. The van der Waals surface area contributed by atoms with Crippen LogP contribution in [0.25, 0.3) is 22.0 Å². The van der Waals surface area contributed by atoms with Crippen molar-refractivity contribution in [2.75, 3.05) is 14.2 Å². The molecule has 2 heterocycles. The number of aryl methyl sites for hydroxylation is 1. The Morgan fingerprint density at radius 1 is 1.00 bits per heavy atom. The molecular weight excluding hydrogens is 500 g/mol. The first-order chi connectivity index (χ1) is 19.4. The molecule has 40 heavy (non-hydrogen) atoms. The van der Waals surface area contributed by atoms with Crippen LogP contribution in [0.3, 0.4) is 0 Å². The van der Waals surface area contributed by atoms with Gasteiger partial charge in [-0.3, -0.25) is 19.6 Å². The maximum absolute atomic E-state index is 13.1. The summed E-state index contributed by atoms with van der Waals surface area (Å²) in [6.07, 6.45) is 7.46. The number of carbonyl (C=O) groups excluding carboxylic acids is 1. The summed E-state index contributed by atoms with van der Waals surface area (Å²) >= 11 is 0. The molecule has 2 aromatic carbocycles. The van der Waals surface area contributed by atoms with E-state index >= 15 is 0 Å². The van der Waals surface area contributed by atoms with Gasteiger partial charge in [-0.1, -0.05) is 36.4 Å². The summed E-state index contributed by atoms with van der Waals surface area (Å²) in [7, 11) is 3.21. The Morgan fingerprint density at radius 2 is 1.77 bits per heavy atom. The topological polar surface area (TPSA) is 78.4 Å². The first-order valence-electron chi connectivity index (χ1n) is 14.0. The molecule has 5 rings (SSSR count). The molecule has 1 atom stereocenters. The number of ether oxygens (including phenoxy) is 2. The van der Waals surface area contributed by atoms with Crippen molar-refractivity contribution in [1.29, 1.82) is 0 Å². The van der Waals surface area contributed by atoms with Crippen LogP contribution in [0.1, 0.15) is 60.9 Å². The Balaban J connectivity index is 1.44. The summed E-state index contributed by atoms with van der Waals surface area (Å²) in [5.41, 5.74) is 5.99. The van der Waals surface area contributed by atoms with E-state index in [1.54, 1.807) is 38.7 Å². The lowest BCUT2D eigenvalue weighted by Gasteiger charge is -2.30. The van der Waals surface area contributed by atoms with Crippen LogP contribution in [0, 0.1) is 12.8 Å². The molecule has 2 aromatic heterocycles. The molecule has 1 fully saturated rings. The second kappa shape index (κ2) is 12.1. The van der Waals surface area contributed by atoms with Gasteiger partial charge in [0, 0.05) is 31.2 Å². The number of rotatable bonds is 8. The number of hydrogen-bond donors (Lipinski definition) is 0. The van der Waals surface area contributed by atoms with E-state index in [4.69, 9.17) is 14.5 Å². The van der Waals surface area contributed by atoms with E-state index in [-0.39, 0.29) is 23.2 Å². The first kappa shape index (κ1) is 27.7. The minimum Gasteiger partial charge on any atom is -0.495 e. The van der Waals surface area contributed by atoms with Crippen molar-refractivity contribution in [3.63, 3.8) is 0 Å². The third-order valence-electron chi connectivity index (χ3n) is 8.28. The third-order valence-corrected chi connectivity index (χ3v) is 8.28. The Hall–Kier alpha value is -3.90. The van der Waals surface area contributed by atoms with Gasteiger partial charge >= 0.3 is 0 Å². The van der Waals surface area contributed by atoms with Gasteiger partial charge in [0.25, 0.3) is 0 Å². The first-order valence-corrected chi connectivity index (χ1v) is 14.0. The van der Waals surface area contributed by atoms with Crippen molar-refractivity contribution in [2.24, 2.45) is 5.92 Å². The monoisotopic (exact) mass is 536 g/mol. The van der Waals surface area contributed by atoms with Crippen LogP contribution >= 0.6 is 0 Å². The largest absolute Gasteiger partial charge is 0.495 e. The highest BCUT2D eigenvalue weighted by Gasteiger charge is 2.30. The Morgan fingerprint density at radius 3 is 2.50 bits per heavy atom. The molecule has 4 aromatic rings. The van der Waals surface area contributed by atoms with E-state index in [9.17, 15) is 9.59 Å². The van der Waals surface area contributed by atoms with Gasteiger partial charge in [0.2, 0.25) is 0 Å². The third kappa shape index (κ3) is 5.82. The minimum atomic E-state index is -0.331. The summed E-state index contributed by atoms with van der Waals surface area (Å²) in [5, 5.41) is 1.49. The van der Waals surface area contributed by atoms with Crippen molar-refractivity contribution in [1.82, 2.24) is 9.97 Å². The van der Waals surface area contributed by atoms with Crippen molar-refractivity contribution in [3.05, 3.63) is 99.6 Å². The van der Waals surface area contributed by atoms with Crippen LogP contribution in [0.15, 0.2) is 71.8 Å². The summed E-state index contributed by atoms with van der Waals surface area (Å²) in [4.78, 5) is 35.0. The maximum atomic E-state index is 13.1. The zero-order chi connectivity index (χ0) is 28.2. The minimum absolute atomic E-state index is 0.0414. The van der Waals surface area contributed by atoms with Gasteiger partial charge in [-0.05, 0) is 85.7 Å². The molecule has 0 aliphatic heterocycles. The van der Waals surface area contributed by atoms with Gasteiger partial charge in [0.1, 0.15) is 11.9 Å². The SMILES string of the molecule is COc1cncc(-c2cc3ccccc(=O)c3c(Cc3ccc(C4CCC(C(=O)C(C)OC)CC4)c(C)c3)n2)c1. The number of ketones is 1. The lowest BCUT2D eigenvalue weighted by Crippen LogP contribution is -2.30. The molecule has 1 aliphatic rings. The molecule has 6 nitrogen and oxygen atoms in total. The predicted molar refractivity (Wildman–Crippen MR) is 158 cm³/mol. The van der Waals surface area contributed by atoms with Crippen LogP contribution in [0.5, 0.6) is 5.75 Å². The molecular formula is C34H36N2O4. The van der Waals surface area contributed by atoms with Crippen LogP contribution in [0.4, 0.5) is 0 Å². The van der Waals surface area contributed by atoms with Gasteiger partial charge < -0.3 is 9.47 Å². The van der Waals surface area contributed by atoms with Gasteiger partial charge in [-0.25, -0.2) is 0 Å². The van der Waals surface area contributed by atoms with Crippen molar-refractivity contribution in [2.45, 2.75) is 58.0 Å². The summed E-state index contributed by atoms with van der Waals surface area (Å²) in [6, 6.07) is 17.7. The number of Topliss-reactive ketones (excluding diaryl/α,β-unsaturated/α-hetero) is 1. The van der Waals surface area contributed by atoms with Gasteiger partial charge in [-0.2, -0.15) is 0 Å². The molecule has 1 unspecified atom stereocenters. The zero-order valence-corrected chi connectivity index (χ0v) is 23.6. The number of fused-ring (bicyclic) bond motifs is 1. The van der Waals surface area contributed by atoms with Gasteiger partial charge in [0.05, 0.1) is 30.1 Å². The van der Waals surface area contributed by atoms with Crippen molar-refractivity contribution < 1.29 is 14.3 Å². The zero-order valence-electron chi connectivity index (χ0n) is 23.6. The second-order valence-corrected chi connectivity index (χ2v) is 10.8. The number of hydrogen-bond acceptors (Lipinski definition) is 6. The van der Waals surface area contributed by atoms with Crippen LogP contribution in [-0.2, 0) is 16.0 Å². The predicted octanol–water partition coefficient (Wildman–Crippen LogP) is 6.44. The number of carbonyl (C=O) groups is 1. The lowest BCUT2D eigenvalue weighted by atomic mass is 9.75. The Bertz CT molecular complexity index is 1590. The van der Waals surface area contributed by atoms with E-state index in [1.807, 2.05) is 31.2 Å². The van der Waals surface area contributed by atoms with E-state index in [2.05, 4.69) is 30.1 Å². The van der Waals surface area contributed by atoms with Gasteiger partial charge in [0.15, 0.2) is 11.2 Å². The fourth-order valence-electron chi connectivity index (χ4n) is 6.00. The molecule has 0 spiro atoms. The smallest absolute Gasteiger partial charge is 0.188 e. The van der Waals surface area contributed by atoms with E-state index in [0.717, 1.165) is 53.6 Å². The highest BCUT2D eigenvalue weighted by molar-refractivity contribution is 5.87. The summed E-state index contributed by atoms with van der Waals surface area (Å²) in [6.45, 7) is 4.00. The molecule has 1 aliphatic carbocycles. The number of benzene rings is 1. The molecule has 0 N–H and O–H groups in total. The standard InChI is InChI=1S/C34H36N2O4/c1-21-15-23(9-14-29(21)24-10-12-25(13-11-24)34(38)22(2)39-3)16-31-33-26(7-5-6-8-32(33)37)18-30(36-31)27-17-28(40-4)20-35-19-27/h5-9,14-15,17-20,22,24-25H,10-13,16H2,1-4H3. The van der Waals surface area contributed by atoms with Crippen molar-refractivity contribution in [3.8, 4) is 17.0 Å². The normalized spacial score (nSPS) is 17.9. The molecule has 0 bridgehead atoms. The van der Waals surface area contributed by atoms with E-state index < -0.39 is 0 Å². The highest BCUT2D eigenvalue weighted by Crippen LogP contribution is 2.38. The maximum Gasteiger partial charge on any atom is 0.188 e. The number of pyridine rings is 2. The average Bonchev–Trinajstić information content (AvgIpc) is 3.17. The van der Waals surface area contributed by atoms with Gasteiger partial charge in [-0.15, -0.1) is 0 Å². The number of nitrogens with zero attached hydrogens (tertiary/aromatic N) is 2. The Kier molecular flexibility index (Phi) is 8.36. The van der Waals surface area contributed by atoms with Crippen molar-refractivity contribution >= 4 is 16.6 Å². The quantitative estimate of drug-likeness (QED) is 0.258.